The fourth-order valence-corrected chi connectivity index (χ4v) is 2.48. The topological polar surface area (TPSA) is 41.6 Å². The molecule has 2 rings (SSSR count). The zero-order valence-electron chi connectivity index (χ0n) is 13.2. The Hall–Kier alpha value is -1.26. The lowest BCUT2D eigenvalue weighted by Crippen LogP contribution is -2.46. The monoisotopic (exact) mass is 312 g/mol. The molecular weight excluding hydrogens is 288 g/mol. The van der Waals surface area contributed by atoms with Gasteiger partial charge in [-0.15, -0.1) is 12.4 Å². The van der Waals surface area contributed by atoms with Crippen LogP contribution in [0.15, 0.2) is 18.2 Å². The van der Waals surface area contributed by atoms with E-state index in [0.29, 0.717) is 0 Å². The number of amides is 1. The van der Waals surface area contributed by atoms with Gasteiger partial charge in [-0.2, -0.15) is 0 Å². The molecule has 0 aliphatic carbocycles. The van der Waals surface area contributed by atoms with Crippen LogP contribution in [0.3, 0.4) is 0 Å². The SMILES string of the molecule is COc1ccc(C(=O)N2CCNCC2)cc1C(C)(C)C.Cl. The van der Waals surface area contributed by atoms with E-state index in [4.69, 9.17) is 4.74 Å². The van der Waals surface area contributed by atoms with Crippen LogP contribution >= 0.6 is 12.4 Å². The van der Waals surface area contributed by atoms with Gasteiger partial charge >= 0.3 is 0 Å². The standard InChI is InChI=1S/C16H24N2O2.ClH/c1-16(2,3)13-11-12(5-6-14(13)20-4)15(19)18-9-7-17-8-10-18;/h5-6,11,17H,7-10H2,1-4H3;1H. The first-order chi connectivity index (χ1) is 9.43. The number of rotatable bonds is 2. The molecule has 1 aliphatic heterocycles. The minimum absolute atomic E-state index is 0. The minimum Gasteiger partial charge on any atom is -0.496 e. The van der Waals surface area contributed by atoms with Gasteiger partial charge in [-0.1, -0.05) is 20.8 Å². The van der Waals surface area contributed by atoms with E-state index in [1.165, 1.54) is 0 Å². The summed E-state index contributed by atoms with van der Waals surface area (Å²) in [4.78, 5) is 14.4. The molecule has 0 atom stereocenters. The van der Waals surface area contributed by atoms with Gasteiger partial charge < -0.3 is 15.0 Å². The summed E-state index contributed by atoms with van der Waals surface area (Å²) in [5, 5.41) is 3.26. The summed E-state index contributed by atoms with van der Waals surface area (Å²) in [6.07, 6.45) is 0. The average Bonchev–Trinajstić information content (AvgIpc) is 2.46. The Morgan fingerprint density at radius 2 is 1.86 bits per heavy atom. The smallest absolute Gasteiger partial charge is 0.253 e. The van der Waals surface area contributed by atoms with E-state index in [9.17, 15) is 4.79 Å². The molecule has 1 saturated heterocycles. The van der Waals surface area contributed by atoms with E-state index in [1.807, 2.05) is 23.1 Å². The number of nitrogens with one attached hydrogen (secondary N) is 1. The number of methoxy groups -OCH3 is 1. The van der Waals surface area contributed by atoms with Crippen LogP contribution in [0.2, 0.25) is 0 Å². The van der Waals surface area contributed by atoms with E-state index in [2.05, 4.69) is 26.1 Å². The van der Waals surface area contributed by atoms with Gasteiger partial charge in [-0.3, -0.25) is 4.79 Å². The molecule has 0 spiro atoms. The first-order valence-electron chi connectivity index (χ1n) is 7.12. The van der Waals surface area contributed by atoms with Crippen molar-refractivity contribution in [3.05, 3.63) is 29.3 Å². The van der Waals surface area contributed by atoms with E-state index in [0.717, 1.165) is 43.1 Å². The van der Waals surface area contributed by atoms with Crippen molar-refractivity contribution in [1.29, 1.82) is 0 Å². The summed E-state index contributed by atoms with van der Waals surface area (Å²) < 4.78 is 5.42. The zero-order chi connectivity index (χ0) is 14.8. The lowest BCUT2D eigenvalue weighted by molar-refractivity contribution is 0.0735. The molecule has 21 heavy (non-hydrogen) atoms. The van der Waals surface area contributed by atoms with Gasteiger partial charge in [0.15, 0.2) is 0 Å². The van der Waals surface area contributed by atoms with Gasteiger partial charge in [-0.05, 0) is 23.6 Å². The molecule has 0 saturated carbocycles. The summed E-state index contributed by atoms with van der Waals surface area (Å²) in [6, 6.07) is 5.73. The second-order valence-electron chi connectivity index (χ2n) is 6.21. The third-order valence-corrected chi connectivity index (χ3v) is 3.66. The van der Waals surface area contributed by atoms with Gasteiger partial charge in [0.1, 0.15) is 5.75 Å². The molecule has 1 aromatic rings. The van der Waals surface area contributed by atoms with Crippen molar-refractivity contribution < 1.29 is 9.53 Å². The number of halogens is 1. The average molecular weight is 313 g/mol. The first kappa shape index (κ1) is 17.8. The van der Waals surface area contributed by atoms with Gasteiger partial charge in [0.05, 0.1) is 7.11 Å². The second kappa shape index (κ2) is 7.14. The Bertz CT molecular complexity index is 492. The first-order valence-corrected chi connectivity index (χ1v) is 7.12. The van der Waals surface area contributed by atoms with Crippen molar-refractivity contribution in [2.75, 3.05) is 33.3 Å². The molecule has 0 unspecified atom stereocenters. The van der Waals surface area contributed by atoms with Gasteiger partial charge in [0.25, 0.3) is 5.91 Å². The maximum Gasteiger partial charge on any atom is 0.253 e. The van der Waals surface area contributed by atoms with E-state index in [-0.39, 0.29) is 23.7 Å². The Labute approximate surface area is 133 Å². The molecule has 0 radical (unpaired) electrons. The number of carbonyl (C=O) groups excluding carboxylic acids is 1. The molecule has 5 heteroatoms. The van der Waals surface area contributed by atoms with Crippen LogP contribution in [-0.4, -0.2) is 44.1 Å². The fourth-order valence-electron chi connectivity index (χ4n) is 2.48. The Kier molecular flexibility index (Phi) is 6.05. The third-order valence-electron chi connectivity index (χ3n) is 3.66. The summed E-state index contributed by atoms with van der Waals surface area (Å²) in [5.41, 5.74) is 1.77. The zero-order valence-corrected chi connectivity index (χ0v) is 14.0. The van der Waals surface area contributed by atoms with Gasteiger partial charge in [0, 0.05) is 37.3 Å². The molecule has 4 nitrogen and oxygen atoms in total. The molecular formula is C16H25ClN2O2. The number of hydrogen-bond donors (Lipinski definition) is 1. The molecule has 0 aromatic heterocycles. The summed E-state index contributed by atoms with van der Waals surface area (Å²) in [5.74, 6) is 0.953. The molecule has 0 bridgehead atoms. The maximum atomic E-state index is 12.5. The molecule has 118 valence electrons. The molecule has 1 heterocycles. The van der Waals surface area contributed by atoms with E-state index < -0.39 is 0 Å². The van der Waals surface area contributed by atoms with Crippen LogP contribution in [0.1, 0.15) is 36.7 Å². The summed E-state index contributed by atoms with van der Waals surface area (Å²) in [7, 11) is 1.67. The van der Waals surface area contributed by atoms with E-state index >= 15 is 0 Å². The van der Waals surface area contributed by atoms with Gasteiger partial charge in [0.2, 0.25) is 0 Å². The van der Waals surface area contributed by atoms with Crippen molar-refractivity contribution in [2.24, 2.45) is 0 Å². The highest BCUT2D eigenvalue weighted by molar-refractivity contribution is 5.94. The normalized spacial score (nSPS) is 15.3. The highest BCUT2D eigenvalue weighted by Crippen LogP contribution is 2.32. The Morgan fingerprint density at radius 1 is 1.24 bits per heavy atom. The summed E-state index contributed by atoms with van der Waals surface area (Å²) in [6.45, 7) is 9.67. The largest absolute Gasteiger partial charge is 0.496 e. The lowest BCUT2D eigenvalue weighted by atomic mass is 9.85. The number of hydrogen-bond acceptors (Lipinski definition) is 3. The number of piperazine rings is 1. The third kappa shape index (κ3) is 4.11. The van der Waals surface area contributed by atoms with Crippen LogP contribution in [0, 0.1) is 0 Å². The van der Waals surface area contributed by atoms with Crippen LogP contribution in [0.4, 0.5) is 0 Å². The minimum atomic E-state index is -0.0505. The van der Waals surface area contributed by atoms with Crippen LogP contribution < -0.4 is 10.1 Å². The number of ether oxygens (including phenoxy) is 1. The fraction of sp³-hybridized carbons (Fsp3) is 0.562. The quantitative estimate of drug-likeness (QED) is 0.912. The predicted octanol–water partition coefficient (Wildman–Crippen LogP) is 2.46. The Morgan fingerprint density at radius 3 is 2.38 bits per heavy atom. The molecule has 1 amide bonds. The number of nitrogens with zero attached hydrogens (tertiary/aromatic N) is 1. The van der Waals surface area contributed by atoms with Crippen molar-refractivity contribution in [2.45, 2.75) is 26.2 Å². The van der Waals surface area contributed by atoms with Crippen molar-refractivity contribution in [1.82, 2.24) is 10.2 Å². The van der Waals surface area contributed by atoms with Crippen LogP contribution in [0.5, 0.6) is 5.75 Å². The lowest BCUT2D eigenvalue weighted by Gasteiger charge is -2.28. The van der Waals surface area contributed by atoms with Crippen LogP contribution in [-0.2, 0) is 5.41 Å². The van der Waals surface area contributed by atoms with Crippen molar-refractivity contribution >= 4 is 18.3 Å². The Balaban J connectivity index is 0.00000220. The number of carbonyl (C=O) groups is 1. The van der Waals surface area contributed by atoms with Crippen molar-refractivity contribution in [3.63, 3.8) is 0 Å². The molecule has 1 aromatic carbocycles. The highest BCUT2D eigenvalue weighted by atomic mass is 35.5. The van der Waals surface area contributed by atoms with Crippen molar-refractivity contribution in [3.8, 4) is 5.75 Å². The van der Waals surface area contributed by atoms with Gasteiger partial charge in [-0.25, -0.2) is 0 Å². The second-order valence-corrected chi connectivity index (χ2v) is 6.21. The highest BCUT2D eigenvalue weighted by Gasteiger charge is 2.23. The molecule has 1 fully saturated rings. The maximum absolute atomic E-state index is 12.5. The van der Waals surface area contributed by atoms with E-state index in [1.54, 1.807) is 7.11 Å². The molecule has 1 aliphatic rings. The number of benzene rings is 1. The predicted molar refractivity (Wildman–Crippen MR) is 87.7 cm³/mol. The summed E-state index contributed by atoms with van der Waals surface area (Å²) >= 11 is 0. The molecule has 1 N–H and O–H groups in total. The van der Waals surface area contributed by atoms with Crippen LogP contribution in [0.25, 0.3) is 0 Å².